The molecule has 0 fully saturated rings. The minimum absolute atomic E-state index is 0.264. The third-order valence-corrected chi connectivity index (χ3v) is 4.05. The largest absolute Gasteiger partial charge is 0.394 e. The summed E-state index contributed by atoms with van der Waals surface area (Å²) in [7, 11) is 0. The van der Waals surface area contributed by atoms with Crippen molar-refractivity contribution < 1.29 is 14.7 Å². The standard InChI is InChI=1S/C15H14N4O3S/c20-8-11(16-14(22)12-6-3-7-23-12)13(21)19-15-17-9-4-1-2-5-10(9)18-15/h1-7,11,20H,8H2,(H,16,22)(H2,17,18,19,21)/t11-/m0/s1. The van der Waals surface area contributed by atoms with E-state index in [1.807, 2.05) is 24.3 Å². The molecular weight excluding hydrogens is 316 g/mol. The molecule has 118 valence electrons. The number of para-hydroxylation sites is 2. The Morgan fingerprint density at radius 3 is 2.78 bits per heavy atom. The summed E-state index contributed by atoms with van der Waals surface area (Å²) in [6, 6.07) is 9.66. The van der Waals surface area contributed by atoms with Crippen molar-refractivity contribution in [1.29, 1.82) is 0 Å². The Morgan fingerprint density at radius 1 is 1.26 bits per heavy atom. The molecule has 1 aromatic carbocycles. The highest BCUT2D eigenvalue weighted by Crippen LogP contribution is 2.13. The highest BCUT2D eigenvalue weighted by atomic mass is 32.1. The number of aromatic nitrogens is 2. The Bertz CT molecular complexity index is 795. The monoisotopic (exact) mass is 330 g/mol. The molecule has 0 bridgehead atoms. The molecule has 2 heterocycles. The van der Waals surface area contributed by atoms with E-state index >= 15 is 0 Å². The average Bonchev–Trinajstić information content (AvgIpc) is 3.20. The van der Waals surface area contributed by atoms with E-state index in [4.69, 9.17) is 0 Å². The Morgan fingerprint density at radius 2 is 2.09 bits per heavy atom. The van der Waals surface area contributed by atoms with E-state index in [2.05, 4.69) is 20.6 Å². The lowest BCUT2D eigenvalue weighted by Crippen LogP contribution is -2.46. The van der Waals surface area contributed by atoms with Crippen LogP contribution in [0.15, 0.2) is 41.8 Å². The van der Waals surface area contributed by atoms with Crippen LogP contribution < -0.4 is 10.6 Å². The van der Waals surface area contributed by atoms with Crippen LogP contribution in [-0.2, 0) is 4.79 Å². The third-order valence-electron chi connectivity index (χ3n) is 3.18. The topological polar surface area (TPSA) is 107 Å². The zero-order valence-corrected chi connectivity index (χ0v) is 12.8. The molecule has 0 aliphatic carbocycles. The zero-order chi connectivity index (χ0) is 16.2. The predicted molar refractivity (Wildman–Crippen MR) is 87.4 cm³/mol. The maximum Gasteiger partial charge on any atom is 0.262 e. The van der Waals surface area contributed by atoms with Crippen LogP contribution in [0.1, 0.15) is 9.67 Å². The first-order chi connectivity index (χ1) is 11.2. The Kier molecular flexibility index (Phi) is 4.35. The summed E-state index contributed by atoms with van der Waals surface area (Å²) in [5.74, 6) is -0.685. The van der Waals surface area contributed by atoms with E-state index < -0.39 is 24.5 Å². The lowest BCUT2D eigenvalue weighted by atomic mass is 10.3. The highest BCUT2D eigenvalue weighted by Gasteiger charge is 2.22. The number of aliphatic hydroxyl groups excluding tert-OH is 1. The van der Waals surface area contributed by atoms with Crippen molar-refractivity contribution in [1.82, 2.24) is 15.3 Å². The number of carbonyl (C=O) groups is 2. The molecular formula is C15H14N4O3S. The van der Waals surface area contributed by atoms with Crippen LogP contribution in [0.25, 0.3) is 11.0 Å². The fourth-order valence-electron chi connectivity index (χ4n) is 2.05. The second-order valence-corrected chi connectivity index (χ2v) is 5.73. The number of benzene rings is 1. The van der Waals surface area contributed by atoms with E-state index in [1.165, 1.54) is 11.3 Å². The number of aliphatic hydroxyl groups is 1. The molecule has 2 amide bonds. The van der Waals surface area contributed by atoms with Gasteiger partial charge in [0.1, 0.15) is 6.04 Å². The second-order valence-electron chi connectivity index (χ2n) is 4.78. The van der Waals surface area contributed by atoms with Gasteiger partial charge in [0.25, 0.3) is 11.8 Å². The van der Waals surface area contributed by atoms with E-state index in [0.717, 1.165) is 5.52 Å². The van der Waals surface area contributed by atoms with Gasteiger partial charge in [0.05, 0.1) is 22.5 Å². The Hall–Kier alpha value is -2.71. The fourth-order valence-corrected chi connectivity index (χ4v) is 2.67. The number of carbonyl (C=O) groups excluding carboxylic acids is 2. The van der Waals surface area contributed by atoms with E-state index in [0.29, 0.717) is 10.4 Å². The summed E-state index contributed by atoms with van der Waals surface area (Å²) >= 11 is 1.26. The van der Waals surface area contributed by atoms with Gasteiger partial charge in [-0.15, -0.1) is 11.3 Å². The zero-order valence-electron chi connectivity index (χ0n) is 11.9. The summed E-state index contributed by atoms with van der Waals surface area (Å²) in [6.45, 7) is -0.511. The molecule has 23 heavy (non-hydrogen) atoms. The van der Waals surface area contributed by atoms with Crippen LogP contribution in [0, 0.1) is 0 Å². The number of thiophene rings is 1. The molecule has 0 spiro atoms. The normalized spacial score (nSPS) is 12.0. The number of anilines is 1. The molecule has 0 saturated carbocycles. The minimum atomic E-state index is -1.06. The number of rotatable bonds is 5. The smallest absolute Gasteiger partial charge is 0.262 e. The number of amides is 2. The number of aromatic amines is 1. The van der Waals surface area contributed by atoms with E-state index in [-0.39, 0.29) is 5.95 Å². The van der Waals surface area contributed by atoms with Crippen LogP contribution >= 0.6 is 11.3 Å². The minimum Gasteiger partial charge on any atom is -0.394 e. The first kappa shape index (κ1) is 15.2. The molecule has 4 N–H and O–H groups in total. The van der Waals surface area contributed by atoms with Crippen molar-refractivity contribution in [2.24, 2.45) is 0 Å². The second kappa shape index (κ2) is 6.59. The molecule has 0 saturated heterocycles. The van der Waals surface area contributed by atoms with Crippen molar-refractivity contribution in [3.63, 3.8) is 0 Å². The van der Waals surface area contributed by atoms with Gasteiger partial charge >= 0.3 is 0 Å². The molecule has 0 radical (unpaired) electrons. The van der Waals surface area contributed by atoms with Crippen LogP contribution in [0.2, 0.25) is 0 Å². The van der Waals surface area contributed by atoms with Gasteiger partial charge < -0.3 is 15.4 Å². The maximum atomic E-state index is 12.2. The van der Waals surface area contributed by atoms with Crippen LogP contribution in [0.3, 0.4) is 0 Å². The maximum absolute atomic E-state index is 12.2. The summed E-state index contributed by atoms with van der Waals surface area (Å²) in [6.07, 6.45) is 0. The number of imidazole rings is 1. The lowest BCUT2D eigenvalue weighted by molar-refractivity contribution is -0.118. The molecule has 8 heteroatoms. The molecule has 0 unspecified atom stereocenters. The number of fused-ring (bicyclic) bond motifs is 1. The lowest BCUT2D eigenvalue weighted by Gasteiger charge is -2.14. The van der Waals surface area contributed by atoms with Gasteiger partial charge in [-0.05, 0) is 23.6 Å². The summed E-state index contributed by atoms with van der Waals surface area (Å²) in [4.78, 5) is 31.8. The van der Waals surface area contributed by atoms with Crippen molar-refractivity contribution in [3.05, 3.63) is 46.7 Å². The first-order valence-electron chi connectivity index (χ1n) is 6.88. The van der Waals surface area contributed by atoms with Gasteiger partial charge in [0.2, 0.25) is 5.95 Å². The number of nitrogens with one attached hydrogen (secondary N) is 3. The number of hydrogen-bond acceptors (Lipinski definition) is 5. The molecule has 3 rings (SSSR count). The number of H-pyrrole nitrogens is 1. The van der Waals surface area contributed by atoms with Crippen molar-refractivity contribution in [3.8, 4) is 0 Å². The summed E-state index contributed by atoms with van der Waals surface area (Å²) < 4.78 is 0. The van der Waals surface area contributed by atoms with Crippen molar-refractivity contribution >= 4 is 40.1 Å². The summed E-state index contributed by atoms with van der Waals surface area (Å²) in [5, 5.41) is 16.2. The average molecular weight is 330 g/mol. The van der Waals surface area contributed by atoms with Gasteiger partial charge in [-0.1, -0.05) is 18.2 Å². The molecule has 7 nitrogen and oxygen atoms in total. The van der Waals surface area contributed by atoms with Crippen LogP contribution in [0.5, 0.6) is 0 Å². The van der Waals surface area contributed by atoms with E-state index in [9.17, 15) is 14.7 Å². The SMILES string of the molecule is O=C(N[C@@H](CO)C(=O)Nc1nc2ccccc2[nH]1)c1cccs1. The molecule has 3 aromatic rings. The highest BCUT2D eigenvalue weighted by molar-refractivity contribution is 7.12. The number of hydrogen-bond donors (Lipinski definition) is 4. The van der Waals surface area contributed by atoms with Gasteiger partial charge in [-0.2, -0.15) is 0 Å². The van der Waals surface area contributed by atoms with Crippen molar-refractivity contribution in [2.45, 2.75) is 6.04 Å². The van der Waals surface area contributed by atoms with Gasteiger partial charge in [-0.3, -0.25) is 14.9 Å². The Balaban J connectivity index is 1.68. The van der Waals surface area contributed by atoms with Gasteiger partial charge in [0.15, 0.2) is 0 Å². The Labute approximate surface area is 135 Å². The molecule has 0 aliphatic heterocycles. The van der Waals surface area contributed by atoms with Gasteiger partial charge in [-0.25, -0.2) is 4.98 Å². The number of nitrogens with zero attached hydrogens (tertiary/aromatic N) is 1. The fraction of sp³-hybridized carbons (Fsp3) is 0.133. The molecule has 2 aromatic heterocycles. The first-order valence-corrected chi connectivity index (χ1v) is 7.76. The van der Waals surface area contributed by atoms with E-state index in [1.54, 1.807) is 17.5 Å². The molecule has 0 aliphatic rings. The molecule has 1 atom stereocenters. The van der Waals surface area contributed by atoms with Crippen LogP contribution in [0.4, 0.5) is 5.95 Å². The third kappa shape index (κ3) is 3.38. The van der Waals surface area contributed by atoms with Crippen molar-refractivity contribution in [2.75, 3.05) is 11.9 Å². The predicted octanol–water partition coefficient (Wildman–Crippen LogP) is 1.35. The van der Waals surface area contributed by atoms with Crippen LogP contribution in [-0.4, -0.2) is 39.5 Å². The summed E-state index contributed by atoms with van der Waals surface area (Å²) in [5.41, 5.74) is 1.50. The quantitative estimate of drug-likeness (QED) is 0.566. The van der Waals surface area contributed by atoms with Gasteiger partial charge in [0, 0.05) is 0 Å².